The second-order valence-corrected chi connectivity index (χ2v) is 8.43. The number of likely N-dealkylation sites (tertiary alicyclic amines) is 1. The normalized spacial score (nSPS) is 17.9. The summed E-state index contributed by atoms with van der Waals surface area (Å²) in [5, 5.41) is 5.96. The fourth-order valence-electron chi connectivity index (χ4n) is 3.81. The quantitative estimate of drug-likeness (QED) is 0.689. The highest BCUT2D eigenvalue weighted by atomic mass is 32.1. The summed E-state index contributed by atoms with van der Waals surface area (Å²) in [5.41, 5.74) is 1.05. The van der Waals surface area contributed by atoms with E-state index >= 15 is 0 Å². The highest BCUT2D eigenvalue weighted by Crippen LogP contribution is 2.25. The molecular weight excluding hydrogens is 354 g/mol. The molecule has 4 nitrogen and oxygen atoms in total. The van der Waals surface area contributed by atoms with Crippen LogP contribution < -0.4 is 5.32 Å². The lowest BCUT2D eigenvalue weighted by molar-refractivity contribution is -0.115. The molecule has 1 amide bonds. The smallest absolute Gasteiger partial charge is 0.230 e. The molecule has 27 heavy (non-hydrogen) atoms. The van der Waals surface area contributed by atoms with E-state index in [9.17, 15) is 4.79 Å². The summed E-state index contributed by atoms with van der Waals surface area (Å²) in [6.45, 7) is 4.38. The number of nitrogens with zero attached hydrogens (tertiary/aromatic N) is 2. The second-order valence-electron chi connectivity index (χ2n) is 7.31. The van der Waals surface area contributed by atoms with Crippen LogP contribution in [0.5, 0.6) is 0 Å². The van der Waals surface area contributed by atoms with Crippen LogP contribution in [0.1, 0.15) is 36.6 Å². The summed E-state index contributed by atoms with van der Waals surface area (Å²) in [6, 6.07) is 14.9. The van der Waals surface area contributed by atoms with Crippen molar-refractivity contribution in [2.45, 2.75) is 45.2 Å². The second kappa shape index (κ2) is 8.19. The van der Waals surface area contributed by atoms with Gasteiger partial charge in [0.1, 0.15) is 0 Å². The summed E-state index contributed by atoms with van der Waals surface area (Å²) >= 11 is 1.59. The van der Waals surface area contributed by atoms with Crippen molar-refractivity contribution in [1.82, 2.24) is 9.88 Å². The molecule has 140 valence electrons. The fourth-order valence-corrected chi connectivity index (χ4v) is 4.67. The van der Waals surface area contributed by atoms with Gasteiger partial charge in [0.15, 0.2) is 5.13 Å². The van der Waals surface area contributed by atoms with Crippen molar-refractivity contribution >= 4 is 33.1 Å². The molecule has 1 atom stereocenters. The molecule has 1 aliphatic heterocycles. The van der Waals surface area contributed by atoms with Crippen molar-refractivity contribution in [3.05, 3.63) is 59.1 Å². The average molecular weight is 380 g/mol. The van der Waals surface area contributed by atoms with Crippen LogP contribution >= 0.6 is 11.3 Å². The molecular formula is C22H25N3OS. The Balaban J connectivity index is 1.39. The fraction of sp³-hybridized carbons (Fsp3) is 0.364. The van der Waals surface area contributed by atoms with Gasteiger partial charge in [0.2, 0.25) is 5.91 Å². The van der Waals surface area contributed by atoms with Crippen LogP contribution in [0.2, 0.25) is 0 Å². The third kappa shape index (κ3) is 4.37. The zero-order valence-corrected chi connectivity index (χ0v) is 16.5. The average Bonchev–Trinajstić information content (AvgIpc) is 3.11. The van der Waals surface area contributed by atoms with Gasteiger partial charge in [-0.05, 0) is 42.6 Å². The number of thiazole rings is 1. The standard InChI is InChI=1S/C22H25N3OS/c1-16-7-4-5-12-25(16)15-19-14-23-22(27-19)24-21(26)13-18-10-6-9-17-8-2-3-11-20(17)18/h2-3,6,8-11,14,16H,4-5,7,12-13,15H2,1H3,(H,23,24,26). The molecule has 1 aliphatic rings. The zero-order chi connectivity index (χ0) is 18.6. The number of hydrogen-bond acceptors (Lipinski definition) is 4. The summed E-state index contributed by atoms with van der Waals surface area (Å²) in [6.07, 6.45) is 6.14. The van der Waals surface area contributed by atoms with Crippen LogP contribution in [-0.2, 0) is 17.8 Å². The number of anilines is 1. The molecule has 5 heteroatoms. The van der Waals surface area contributed by atoms with E-state index in [4.69, 9.17) is 0 Å². The number of carbonyl (C=O) groups is 1. The van der Waals surface area contributed by atoms with Crippen LogP contribution in [0.3, 0.4) is 0 Å². The van der Waals surface area contributed by atoms with E-state index in [1.165, 1.54) is 24.1 Å². The van der Waals surface area contributed by atoms with Gasteiger partial charge < -0.3 is 5.32 Å². The van der Waals surface area contributed by atoms with Gasteiger partial charge in [0.25, 0.3) is 0 Å². The van der Waals surface area contributed by atoms with Crippen molar-refractivity contribution in [1.29, 1.82) is 0 Å². The Kier molecular flexibility index (Phi) is 5.50. The number of amides is 1. The van der Waals surface area contributed by atoms with E-state index in [-0.39, 0.29) is 5.91 Å². The Morgan fingerprint density at radius 3 is 2.96 bits per heavy atom. The van der Waals surface area contributed by atoms with E-state index in [0.717, 1.165) is 29.4 Å². The number of rotatable bonds is 5. The number of nitrogens with one attached hydrogen (secondary N) is 1. The molecule has 2 aromatic carbocycles. The van der Waals surface area contributed by atoms with Crippen molar-refractivity contribution in [2.75, 3.05) is 11.9 Å². The van der Waals surface area contributed by atoms with E-state index in [1.54, 1.807) is 11.3 Å². The lowest BCUT2D eigenvalue weighted by Gasteiger charge is -2.32. The lowest BCUT2D eigenvalue weighted by atomic mass is 10.0. The molecule has 1 aromatic heterocycles. The van der Waals surface area contributed by atoms with Crippen LogP contribution in [0.15, 0.2) is 48.7 Å². The maximum atomic E-state index is 12.5. The van der Waals surface area contributed by atoms with Gasteiger partial charge in [-0.15, -0.1) is 11.3 Å². The van der Waals surface area contributed by atoms with E-state index < -0.39 is 0 Å². The van der Waals surface area contributed by atoms with E-state index in [2.05, 4.69) is 40.3 Å². The molecule has 1 N–H and O–H groups in total. The van der Waals surface area contributed by atoms with Gasteiger partial charge in [-0.1, -0.05) is 48.9 Å². The number of carbonyl (C=O) groups excluding carboxylic acids is 1. The molecule has 0 spiro atoms. The highest BCUT2D eigenvalue weighted by Gasteiger charge is 2.19. The first-order valence-corrected chi connectivity index (χ1v) is 10.5. The van der Waals surface area contributed by atoms with Gasteiger partial charge in [-0.2, -0.15) is 0 Å². The molecule has 1 fully saturated rings. The topological polar surface area (TPSA) is 45.2 Å². The molecule has 0 saturated carbocycles. The van der Waals surface area contributed by atoms with Crippen molar-refractivity contribution in [3.8, 4) is 0 Å². The van der Waals surface area contributed by atoms with Gasteiger partial charge >= 0.3 is 0 Å². The van der Waals surface area contributed by atoms with Gasteiger partial charge in [-0.25, -0.2) is 4.98 Å². The lowest BCUT2D eigenvalue weighted by Crippen LogP contribution is -2.36. The van der Waals surface area contributed by atoms with Crippen molar-refractivity contribution < 1.29 is 4.79 Å². The predicted octanol–water partition coefficient (Wildman–Crippen LogP) is 4.85. The minimum atomic E-state index is -0.0152. The monoisotopic (exact) mass is 379 g/mol. The number of piperidine rings is 1. The van der Waals surface area contributed by atoms with Crippen molar-refractivity contribution in [2.24, 2.45) is 0 Å². The predicted molar refractivity (Wildman–Crippen MR) is 112 cm³/mol. The Morgan fingerprint density at radius 2 is 2.07 bits per heavy atom. The maximum absolute atomic E-state index is 12.5. The summed E-state index contributed by atoms with van der Waals surface area (Å²) in [5.74, 6) is -0.0152. The maximum Gasteiger partial charge on any atom is 0.230 e. The minimum Gasteiger partial charge on any atom is -0.302 e. The SMILES string of the molecule is CC1CCCCN1Cc1cnc(NC(=O)Cc2cccc3ccccc23)s1. The first kappa shape index (κ1) is 18.1. The van der Waals surface area contributed by atoms with E-state index in [1.807, 2.05) is 30.5 Å². The highest BCUT2D eigenvalue weighted by molar-refractivity contribution is 7.15. The molecule has 0 radical (unpaired) electrons. The summed E-state index contributed by atoms with van der Waals surface area (Å²) < 4.78 is 0. The molecule has 0 bridgehead atoms. The third-order valence-corrected chi connectivity index (χ3v) is 6.23. The number of benzene rings is 2. The van der Waals surface area contributed by atoms with Crippen LogP contribution in [0.4, 0.5) is 5.13 Å². The van der Waals surface area contributed by atoms with Crippen LogP contribution in [0.25, 0.3) is 10.8 Å². The number of fused-ring (bicyclic) bond motifs is 1. The minimum absolute atomic E-state index is 0.0152. The molecule has 3 aromatic rings. The number of hydrogen-bond donors (Lipinski definition) is 1. The summed E-state index contributed by atoms with van der Waals surface area (Å²) in [4.78, 5) is 20.7. The zero-order valence-electron chi connectivity index (χ0n) is 15.6. The Bertz CT molecular complexity index is 931. The first-order chi connectivity index (χ1) is 13.2. The third-order valence-electron chi connectivity index (χ3n) is 5.33. The van der Waals surface area contributed by atoms with Gasteiger partial charge in [0, 0.05) is 23.7 Å². The summed E-state index contributed by atoms with van der Waals surface area (Å²) in [7, 11) is 0. The van der Waals surface area contributed by atoms with Crippen molar-refractivity contribution in [3.63, 3.8) is 0 Å². The Morgan fingerprint density at radius 1 is 1.22 bits per heavy atom. The molecule has 4 rings (SSSR count). The molecule has 0 aliphatic carbocycles. The number of aromatic nitrogens is 1. The van der Waals surface area contributed by atoms with Gasteiger partial charge in [-0.3, -0.25) is 9.69 Å². The molecule has 1 unspecified atom stereocenters. The van der Waals surface area contributed by atoms with E-state index in [0.29, 0.717) is 17.6 Å². The molecule has 1 saturated heterocycles. The Hall–Kier alpha value is -2.24. The first-order valence-electron chi connectivity index (χ1n) is 9.64. The van der Waals surface area contributed by atoms with Gasteiger partial charge in [0.05, 0.1) is 6.42 Å². The largest absolute Gasteiger partial charge is 0.302 e. The van der Waals surface area contributed by atoms with Crippen LogP contribution in [-0.4, -0.2) is 28.4 Å². The van der Waals surface area contributed by atoms with Crippen LogP contribution in [0, 0.1) is 0 Å². The molecule has 2 heterocycles. The Labute approximate surface area is 164 Å².